The minimum atomic E-state index is 1.07. The summed E-state index contributed by atoms with van der Waals surface area (Å²) < 4.78 is 0. The first kappa shape index (κ1) is 13.4. The zero-order valence-electron chi connectivity index (χ0n) is 12.4. The first-order chi connectivity index (χ1) is 10.2. The van der Waals surface area contributed by atoms with Crippen molar-refractivity contribution in [3.05, 3.63) is 72.6 Å². The Kier molecular flexibility index (Phi) is 3.44. The first-order valence-corrected chi connectivity index (χ1v) is 7.02. The molecule has 0 aliphatic heterocycles. The molecule has 0 unspecified atom stereocenters. The second-order valence-electron chi connectivity index (χ2n) is 5.26. The fraction of sp³-hybridized carbons (Fsp3) is 0.105. The molecule has 0 atom stereocenters. The van der Waals surface area contributed by atoms with Crippen molar-refractivity contribution in [1.82, 2.24) is 9.97 Å². The molecule has 3 rings (SSSR count). The van der Waals surface area contributed by atoms with E-state index in [2.05, 4.69) is 54.7 Å². The summed E-state index contributed by atoms with van der Waals surface area (Å²) in [7, 11) is 0. The lowest BCUT2D eigenvalue weighted by molar-refractivity contribution is 1.30. The van der Waals surface area contributed by atoms with Crippen LogP contribution in [0.1, 0.15) is 18.1 Å². The molecular weight excluding hydrogens is 256 g/mol. The molecule has 21 heavy (non-hydrogen) atoms. The number of pyridine rings is 1. The number of hydrogen-bond donors (Lipinski definition) is 1. The third-order valence-electron chi connectivity index (χ3n) is 3.71. The highest BCUT2D eigenvalue weighted by molar-refractivity contribution is 5.85. The van der Waals surface area contributed by atoms with Crippen LogP contribution in [0.4, 0.5) is 0 Å². The monoisotopic (exact) mass is 274 g/mol. The lowest BCUT2D eigenvalue weighted by Crippen LogP contribution is -1.84. The van der Waals surface area contributed by atoms with E-state index in [1.54, 1.807) is 0 Å². The Hall–Kier alpha value is -2.61. The molecule has 0 spiro atoms. The van der Waals surface area contributed by atoms with E-state index in [4.69, 9.17) is 0 Å². The average molecular weight is 274 g/mol. The predicted octanol–water partition coefficient (Wildman–Crippen LogP) is 5.09. The van der Waals surface area contributed by atoms with Crippen LogP contribution in [0.2, 0.25) is 0 Å². The maximum absolute atomic E-state index is 4.15. The molecule has 1 N–H and O–H groups in total. The maximum atomic E-state index is 4.15. The Bertz CT molecular complexity index is 768. The fourth-order valence-electron chi connectivity index (χ4n) is 2.76. The van der Waals surface area contributed by atoms with Crippen LogP contribution in [0.15, 0.2) is 61.4 Å². The molecule has 0 amide bonds. The quantitative estimate of drug-likeness (QED) is 0.708. The van der Waals surface area contributed by atoms with Crippen LogP contribution in [0.25, 0.3) is 28.1 Å². The molecule has 0 radical (unpaired) electrons. The van der Waals surface area contributed by atoms with Gasteiger partial charge in [-0.15, -0.1) is 0 Å². The van der Waals surface area contributed by atoms with Gasteiger partial charge in [0.2, 0.25) is 0 Å². The number of benzene rings is 1. The van der Waals surface area contributed by atoms with Crippen LogP contribution in [-0.2, 0) is 0 Å². The largest absolute Gasteiger partial charge is 0.354 e. The lowest BCUT2D eigenvalue weighted by atomic mass is 9.98. The summed E-state index contributed by atoms with van der Waals surface area (Å²) in [5.41, 5.74) is 8.09. The minimum absolute atomic E-state index is 1.07. The molecule has 2 nitrogen and oxygen atoms in total. The number of aromatic amines is 1. The fourth-order valence-corrected chi connectivity index (χ4v) is 2.76. The summed E-state index contributed by atoms with van der Waals surface area (Å²) in [6.07, 6.45) is 3.64. The minimum Gasteiger partial charge on any atom is -0.354 e. The van der Waals surface area contributed by atoms with Gasteiger partial charge in [-0.1, -0.05) is 36.9 Å². The summed E-state index contributed by atoms with van der Waals surface area (Å²) in [5, 5.41) is 0. The van der Waals surface area contributed by atoms with Gasteiger partial charge in [-0.25, -0.2) is 0 Å². The Labute approximate surface area is 125 Å². The van der Waals surface area contributed by atoms with Gasteiger partial charge >= 0.3 is 0 Å². The molecule has 2 aromatic heterocycles. The van der Waals surface area contributed by atoms with Crippen LogP contribution >= 0.6 is 0 Å². The zero-order chi connectivity index (χ0) is 14.8. The Balaban J connectivity index is 2.24. The number of nitrogens with zero attached hydrogens (tertiary/aromatic N) is 1. The topological polar surface area (TPSA) is 28.7 Å². The molecule has 3 aromatic rings. The second-order valence-corrected chi connectivity index (χ2v) is 5.26. The summed E-state index contributed by atoms with van der Waals surface area (Å²) in [6.45, 7) is 8.34. The van der Waals surface area contributed by atoms with Gasteiger partial charge in [0.1, 0.15) is 0 Å². The van der Waals surface area contributed by atoms with Crippen LogP contribution in [0.3, 0.4) is 0 Å². The van der Waals surface area contributed by atoms with Crippen molar-refractivity contribution in [3.63, 3.8) is 0 Å². The van der Waals surface area contributed by atoms with Crippen molar-refractivity contribution >= 4 is 5.57 Å². The van der Waals surface area contributed by atoms with E-state index in [1.165, 1.54) is 16.7 Å². The molecule has 0 aliphatic carbocycles. The van der Waals surface area contributed by atoms with Gasteiger partial charge in [-0.2, -0.15) is 0 Å². The summed E-state index contributed by atoms with van der Waals surface area (Å²) in [6, 6.07) is 14.4. The normalized spacial score (nSPS) is 10.6. The number of rotatable bonds is 3. The molecule has 0 aliphatic rings. The van der Waals surface area contributed by atoms with Gasteiger partial charge in [-0.3, -0.25) is 4.98 Å². The molecule has 2 heterocycles. The van der Waals surface area contributed by atoms with Crippen molar-refractivity contribution in [3.8, 4) is 22.5 Å². The number of nitrogens with one attached hydrogen (secondary N) is 1. The number of hydrogen-bond acceptors (Lipinski definition) is 1. The van der Waals surface area contributed by atoms with E-state index in [1.807, 2.05) is 30.6 Å². The standard InChI is InChI=1S/C19H18N2/c1-13(2)17-14(3)18(16-9-11-20-12-10-16)21-19(17)15-7-5-4-6-8-15/h4-12,21H,1H2,2-3H3. The summed E-state index contributed by atoms with van der Waals surface area (Å²) in [5.74, 6) is 0. The summed E-state index contributed by atoms with van der Waals surface area (Å²) in [4.78, 5) is 7.67. The van der Waals surface area contributed by atoms with E-state index in [-0.39, 0.29) is 0 Å². The maximum Gasteiger partial charge on any atom is 0.0537 e. The predicted molar refractivity (Wildman–Crippen MR) is 88.9 cm³/mol. The van der Waals surface area contributed by atoms with Crippen LogP contribution in [-0.4, -0.2) is 9.97 Å². The molecule has 0 fully saturated rings. The lowest BCUT2D eigenvalue weighted by Gasteiger charge is -2.04. The van der Waals surface area contributed by atoms with Crippen molar-refractivity contribution in [1.29, 1.82) is 0 Å². The highest BCUT2D eigenvalue weighted by atomic mass is 14.7. The molecule has 2 heteroatoms. The molecule has 104 valence electrons. The van der Waals surface area contributed by atoms with Crippen LogP contribution in [0, 0.1) is 6.92 Å². The second kappa shape index (κ2) is 5.41. The Morgan fingerprint density at radius 3 is 2.19 bits per heavy atom. The van der Waals surface area contributed by atoms with Crippen molar-refractivity contribution in [2.45, 2.75) is 13.8 Å². The number of aromatic nitrogens is 2. The highest BCUT2D eigenvalue weighted by Crippen LogP contribution is 2.36. The van der Waals surface area contributed by atoms with Gasteiger partial charge in [0.15, 0.2) is 0 Å². The third kappa shape index (κ3) is 2.40. The molecule has 1 aromatic carbocycles. The highest BCUT2D eigenvalue weighted by Gasteiger charge is 2.16. The smallest absolute Gasteiger partial charge is 0.0537 e. The summed E-state index contributed by atoms with van der Waals surface area (Å²) >= 11 is 0. The van der Waals surface area contributed by atoms with Gasteiger partial charge in [0, 0.05) is 29.2 Å². The van der Waals surface area contributed by atoms with Crippen molar-refractivity contribution in [2.24, 2.45) is 0 Å². The molecule has 0 saturated carbocycles. The van der Waals surface area contributed by atoms with Crippen molar-refractivity contribution < 1.29 is 0 Å². The van der Waals surface area contributed by atoms with E-state index in [9.17, 15) is 0 Å². The van der Waals surface area contributed by atoms with E-state index >= 15 is 0 Å². The zero-order valence-corrected chi connectivity index (χ0v) is 12.4. The number of H-pyrrole nitrogens is 1. The molecule has 0 bridgehead atoms. The number of allylic oxidation sites excluding steroid dienone is 1. The van der Waals surface area contributed by atoms with Crippen molar-refractivity contribution in [2.75, 3.05) is 0 Å². The molecular formula is C19H18N2. The van der Waals surface area contributed by atoms with Crippen LogP contribution < -0.4 is 0 Å². The van der Waals surface area contributed by atoms with Gasteiger partial charge in [0.25, 0.3) is 0 Å². The molecule has 0 saturated heterocycles. The SMILES string of the molecule is C=C(C)c1c(-c2ccccc2)[nH]c(-c2ccncc2)c1C. The Morgan fingerprint density at radius 1 is 0.952 bits per heavy atom. The first-order valence-electron chi connectivity index (χ1n) is 7.02. The van der Waals surface area contributed by atoms with E-state index < -0.39 is 0 Å². The van der Waals surface area contributed by atoms with E-state index in [0.717, 1.165) is 22.5 Å². The van der Waals surface area contributed by atoms with Gasteiger partial charge in [0.05, 0.1) is 5.69 Å². The van der Waals surface area contributed by atoms with Gasteiger partial charge < -0.3 is 4.98 Å². The average Bonchev–Trinajstić information content (AvgIpc) is 2.87. The van der Waals surface area contributed by atoms with Gasteiger partial charge in [-0.05, 0) is 42.7 Å². The third-order valence-corrected chi connectivity index (χ3v) is 3.71. The Morgan fingerprint density at radius 2 is 1.57 bits per heavy atom. The van der Waals surface area contributed by atoms with Crippen LogP contribution in [0.5, 0.6) is 0 Å². The van der Waals surface area contributed by atoms with E-state index in [0.29, 0.717) is 0 Å².